The predicted octanol–water partition coefficient (Wildman–Crippen LogP) is 4.54. The van der Waals surface area contributed by atoms with Gasteiger partial charge in [0.05, 0.1) is 5.69 Å². The van der Waals surface area contributed by atoms with Gasteiger partial charge in [0, 0.05) is 46.1 Å². The summed E-state index contributed by atoms with van der Waals surface area (Å²) in [6, 6.07) is 4.92. The molecule has 0 unspecified atom stereocenters. The van der Waals surface area contributed by atoms with Gasteiger partial charge in [-0.25, -0.2) is 5.53 Å². The Balaban J connectivity index is 1.63. The number of hydrogen-bond donors (Lipinski definition) is 3. The number of anilines is 1. The zero-order chi connectivity index (χ0) is 26.8. The molecule has 9 nitrogen and oxygen atoms in total. The Hall–Kier alpha value is -3.49. The maximum atomic E-state index is 13.3. The van der Waals surface area contributed by atoms with Gasteiger partial charge >= 0.3 is 0 Å². The molecule has 9 heteroatoms. The summed E-state index contributed by atoms with van der Waals surface area (Å²) in [5, 5.41) is 9.51. The fraction of sp³-hybridized carbons (Fsp3) is 0.536. The smallest absolute Gasteiger partial charge is 0.243 e. The monoisotopic (exact) mass is 508 g/mol. The molecule has 1 aromatic rings. The number of allylic oxidation sites excluding steroid dienone is 3. The summed E-state index contributed by atoms with van der Waals surface area (Å²) in [6.45, 7) is 8.26. The van der Waals surface area contributed by atoms with Gasteiger partial charge in [0.2, 0.25) is 17.7 Å². The molecule has 3 rings (SSSR count). The summed E-state index contributed by atoms with van der Waals surface area (Å²) in [6.07, 6.45) is 8.41. The highest BCUT2D eigenvalue weighted by molar-refractivity contribution is 5.88. The van der Waals surface area contributed by atoms with Crippen LogP contribution in [-0.2, 0) is 20.9 Å². The fourth-order valence-electron chi connectivity index (χ4n) is 5.20. The lowest BCUT2D eigenvalue weighted by atomic mass is 9.96. The first-order chi connectivity index (χ1) is 17.9. The summed E-state index contributed by atoms with van der Waals surface area (Å²) in [5.74, 6) is 0.0160. The number of benzene rings is 1. The molecule has 2 atom stereocenters. The van der Waals surface area contributed by atoms with Crippen LogP contribution in [0.5, 0.6) is 0 Å². The van der Waals surface area contributed by atoms with Crippen molar-refractivity contribution in [1.29, 1.82) is 5.53 Å². The van der Waals surface area contributed by atoms with Crippen LogP contribution in [0.2, 0.25) is 0 Å². The number of likely N-dealkylation sites (tertiary alicyclic amines) is 2. The number of carbonyl (C=O) groups is 3. The van der Waals surface area contributed by atoms with Crippen molar-refractivity contribution in [1.82, 2.24) is 15.1 Å². The van der Waals surface area contributed by atoms with E-state index in [0.717, 1.165) is 49.2 Å². The van der Waals surface area contributed by atoms with Gasteiger partial charge in [0.15, 0.2) is 0 Å². The van der Waals surface area contributed by atoms with Crippen LogP contribution >= 0.6 is 0 Å². The van der Waals surface area contributed by atoms with E-state index in [1.54, 1.807) is 18.0 Å². The fourth-order valence-corrected chi connectivity index (χ4v) is 5.20. The second-order valence-electron chi connectivity index (χ2n) is 9.81. The number of rotatable bonds is 12. The molecule has 3 N–H and O–H groups in total. The number of nitrogens with zero attached hydrogens (tertiary/aromatic N) is 3. The lowest BCUT2D eigenvalue weighted by molar-refractivity contribution is -0.139. The van der Waals surface area contributed by atoms with Crippen molar-refractivity contribution in [3.05, 3.63) is 48.1 Å². The molecule has 0 spiro atoms. The highest BCUT2D eigenvalue weighted by atomic mass is 16.2. The molecule has 2 heterocycles. The molecule has 2 aliphatic rings. The van der Waals surface area contributed by atoms with Crippen molar-refractivity contribution in [2.75, 3.05) is 32.0 Å². The van der Waals surface area contributed by atoms with E-state index in [0.29, 0.717) is 31.5 Å². The average molecular weight is 509 g/mol. The molecule has 3 amide bonds. The van der Waals surface area contributed by atoms with Crippen LogP contribution in [-0.4, -0.2) is 60.2 Å². The Morgan fingerprint density at radius 1 is 1.19 bits per heavy atom. The summed E-state index contributed by atoms with van der Waals surface area (Å²) >= 11 is 0. The summed E-state index contributed by atoms with van der Waals surface area (Å²) in [5.41, 5.74) is 10.5. The number of hydrogen-bond acceptors (Lipinski definition) is 6. The van der Waals surface area contributed by atoms with Gasteiger partial charge in [0.25, 0.3) is 0 Å². The molecule has 2 saturated heterocycles. The van der Waals surface area contributed by atoms with Crippen LogP contribution in [0.4, 0.5) is 11.4 Å². The molecule has 0 radical (unpaired) electrons. The number of nitrogens with one attached hydrogen (secondary N) is 3. The van der Waals surface area contributed by atoms with E-state index in [1.165, 1.54) is 0 Å². The molecule has 0 saturated carbocycles. The molecule has 0 aliphatic carbocycles. The third kappa shape index (κ3) is 7.50. The van der Waals surface area contributed by atoms with Gasteiger partial charge in [0.1, 0.15) is 11.7 Å². The molecule has 2 aliphatic heterocycles. The van der Waals surface area contributed by atoms with Crippen molar-refractivity contribution in [3.8, 4) is 0 Å². The topological polar surface area (TPSA) is 118 Å². The van der Waals surface area contributed by atoms with E-state index in [1.807, 2.05) is 36.1 Å². The lowest BCUT2D eigenvalue weighted by Gasteiger charge is -2.24. The third-order valence-electron chi connectivity index (χ3n) is 7.33. The van der Waals surface area contributed by atoms with Gasteiger partial charge in [-0.2, -0.15) is 5.11 Å². The van der Waals surface area contributed by atoms with Crippen LogP contribution in [0.25, 0.3) is 0 Å². The van der Waals surface area contributed by atoms with E-state index in [4.69, 9.17) is 5.53 Å². The second-order valence-corrected chi connectivity index (χ2v) is 9.81. The molecular formula is C28H40N6O3. The first-order valence-electron chi connectivity index (χ1n) is 13.2. The van der Waals surface area contributed by atoms with Crippen LogP contribution in [0.1, 0.15) is 57.4 Å². The predicted molar refractivity (Wildman–Crippen MR) is 144 cm³/mol. The SMILES string of the molecule is C=C/C(=C\C)C[C@@H]1C[C@@H](C(=O)NCc2ccc(NC)c(N=N)c2)N(C(=O)CCCC(=O)N2CCCC2)C1. The van der Waals surface area contributed by atoms with Crippen LogP contribution in [0.15, 0.2) is 47.6 Å². The maximum Gasteiger partial charge on any atom is 0.243 e. The Morgan fingerprint density at radius 3 is 2.57 bits per heavy atom. The van der Waals surface area contributed by atoms with Gasteiger partial charge in [-0.3, -0.25) is 14.4 Å². The quantitative estimate of drug-likeness (QED) is 0.284. The van der Waals surface area contributed by atoms with E-state index >= 15 is 0 Å². The summed E-state index contributed by atoms with van der Waals surface area (Å²) < 4.78 is 0. The second kappa shape index (κ2) is 13.7. The Kier molecular flexibility index (Phi) is 10.4. The zero-order valence-electron chi connectivity index (χ0n) is 22.1. The Bertz CT molecular complexity index is 1030. The van der Waals surface area contributed by atoms with E-state index in [9.17, 15) is 14.4 Å². The summed E-state index contributed by atoms with van der Waals surface area (Å²) in [7, 11) is 1.77. The molecule has 2 fully saturated rings. The van der Waals surface area contributed by atoms with E-state index in [2.05, 4.69) is 22.3 Å². The summed E-state index contributed by atoms with van der Waals surface area (Å²) in [4.78, 5) is 42.4. The van der Waals surface area contributed by atoms with E-state index < -0.39 is 6.04 Å². The minimum Gasteiger partial charge on any atom is -0.386 e. The van der Waals surface area contributed by atoms with Crippen molar-refractivity contribution in [3.63, 3.8) is 0 Å². The van der Waals surface area contributed by atoms with Crippen molar-refractivity contribution in [2.24, 2.45) is 11.0 Å². The van der Waals surface area contributed by atoms with E-state index in [-0.39, 0.29) is 36.6 Å². The normalized spacial score (nSPS) is 19.6. The zero-order valence-corrected chi connectivity index (χ0v) is 22.1. The number of amides is 3. The molecule has 0 bridgehead atoms. The van der Waals surface area contributed by atoms with Crippen LogP contribution in [0, 0.1) is 11.4 Å². The maximum absolute atomic E-state index is 13.3. The minimum atomic E-state index is -0.549. The molecule has 200 valence electrons. The van der Waals surface area contributed by atoms with Crippen molar-refractivity contribution < 1.29 is 14.4 Å². The lowest BCUT2D eigenvalue weighted by Crippen LogP contribution is -2.45. The first-order valence-corrected chi connectivity index (χ1v) is 13.2. The Labute approximate surface area is 219 Å². The highest BCUT2D eigenvalue weighted by Gasteiger charge is 2.39. The average Bonchev–Trinajstić information content (AvgIpc) is 3.61. The van der Waals surface area contributed by atoms with Crippen molar-refractivity contribution in [2.45, 2.75) is 64.5 Å². The highest BCUT2D eigenvalue weighted by Crippen LogP contribution is 2.30. The van der Waals surface area contributed by atoms with Gasteiger partial charge in [-0.15, -0.1) is 0 Å². The Morgan fingerprint density at radius 2 is 1.92 bits per heavy atom. The van der Waals surface area contributed by atoms with Gasteiger partial charge in [-0.05, 0) is 62.6 Å². The molecule has 37 heavy (non-hydrogen) atoms. The van der Waals surface area contributed by atoms with Crippen molar-refractivity contribution >= 4 is 29.1 Å². The largest absolute Gasteiger partial charge is 0.386 e. The van der Waals surface area contributed by atoms with Crippen LogP contribution < -0.4 is 10.6 Å². The minimum absolute atomic E-state index is 0.0776. The molecule has 1 aromatic carbocycles. The molecular weight excluding hydrogens is 468 g/mol. The van der Waals surface area contributed by atoms with Crippen LogP contribution in [0.3, 0.4) is 0 Å². The first kappa shape index (κ1) is 28.1. The van der Waals surface area contributed by atoms with Gasteiger partial charge < -0.3 is 20.4 Å². The number of carbonyl (C=O) groups excluding carboxylic acids is 3. The standard InChI is InChI=1S/C28H40N6O3/c1-4-20(5-2)15-22-17-25(28(37)31-18-21-11-12-23(30-3)24(16-21)32-29)34(19-22)27(36)10-8-9-26(35)33-13-6-7-14-33/h4-5,11-12,16,22,25,29-30H,1,6-10,13-15,17-19H2,2-3H3,(H,31,37)/b20-5+,32-29?/t22-,25+/m1/s1. The molecule has 0 aromatic heterocycles. The van der Waals surface area contributed by atoms with Gasteiger partial charge in [-0.1, -0.05) is 30.4 Å². The third-order valence-corrected chi connectivity index (χ3v) is 7.33.